The minimum Gasteiger partial charge on any atom is -0.327 e. The number of hydrogen-bond donors (Lipinski definition) is 1. The minimum atomic E-state index is 0.123. The molecule has 0 heterocycles. The van der Waals surface area contributed by atoms with E-state index in [9.17, 15) is 0 Å². The summed E-state index contributed by atoms with van der Waals surface area (Å²) in [5, 5.41) is 8.97. The summed E-state index contributed by atoms with van der Waals surface area (Å²) >= 11 is 0. The molecular weight excluding hydrogens is 220 g/mol. The topological polar surface area (TPSA) is 49.8 Å². The molecule has 3 atom stereocenters. The fraction of sp³-hybridized carbons (Fsp3) is 0.562. The lowest BCUT2D eigenvalue weighted by Gasteiger charge is -2.24. The van der Waals surface area contributed by atoms with Crippen LogP contribution in [0.1, 0.15) is 57.1 Å². The fourth-order valence-electron chi connectivity index (χ4n) is 2.54. The predicted molar refractivity (Wildman–Crippen MR) is 76.2 cm³/mol. The summed E-state index contributed by atoms with van der Waals surface area (Å²) in [5.74, 6) is 1.02. The van der Waals surface area contributed by atoms with E-state index in [1.807, 2.05) is 18.2 Å². The molecule has 18 heavy (non-hydrogen) atoms. The first-order valence-electron chi connectivity index (χ1n) is 6.84. The highest BCUT2D eigenvalue weighted by Gasteiger charge is 2.19. The maximum absolute atomic E-state index is 8.97. The Kier molecular flexibility index (Phi) is 5.88. The smallest absolute Gasteiger partial charge is 0.0991 e. The van der Waals surface area contributed by atoms with Crippen molar-refractivity contribution in [1.29, 1.82) is 5.26 Å². The molecule has 98 valence electrons. The highest BCUT2D eigenvalue weighted by atomic mass is 14.6. The molecule has 0 radical (unpaired) electrons. The largest absolute Gasteiger partial charge is 0.327 e. The number of nitriles is 1. The lowest BCUT2D eigenvalue weighted by Crippen LogP contribution is -2.26. The van der Waals surface area contributed by atoms with E-state index in [0.29, 0.717) is 11.8 Å². The summed E-state index contributed by atoms with van der Waals surface area (Å²) in [6.45, 7) is 6.56. The van der Waals surface area contributed by atoms with E-state index in [1.54, 1.807) is 0 Å². The van der Waals surface area contributed by atoms with Gasteiger partial charge in [-0.1, -0.05) is 38.8 Å². The van der Waals surface area contributed by atoms with Gasteiger partial charge in [-0.3, -0.25) is 0 Å². The molecule has 0 aliphatic carbocycles. The van der Waals surface area contributed by atoms with Crippen molar-refractivity contribution >= 4 is 0 Å². The SMILES string of the molecule is CCCC(C)CC(c1cccc(C#N)c1)C(C)N. The standard InChI is InChI=1S/C16H24N2/c1-4-6-12(2)9-16(13(3)18)15-8-5-7-14(10-15)11-17/h5,7-8,10,12-13,16H,4,6,9,18H2,1-3H3. The van der Waals surface area contributed by atoms with E-state index in [2.05, 4.69) is 32.9 Å². The minimum absolute atomic E-state index is 0.123. The second-order valence-electron chi connectivity index (χ2n) is 5.33. The maximum atomic E-state index is 8.97. The van der Waals surface area contributed by atoms with E-state index < -0.39 is 0 Å². The van der Waals surface area contributed by atoms with Crippen LogP contribution in [-0.4, -0.2) is 6.04 Å². The predicted octanol–water partition coefficient (Wildman–Crippen LogP) is 3.82. The van der Waals surface area contributed by atoms with Crippen molar-refractivity contribution < 1.29 is 0 Å². The quantitative estimate of drug-likeness (QED) is 0.827. The normalized spacial score (nSPS) is 15.7. The van der Waals surface area contributed by atoms with Crippen LogP contribution in [0.3, 0.4) is 0 Å². The van der Waals surface area contributed by atoms with Gasteiger partial charge in [0, 0.05) is 6.04 Å². The summed E-state index contributed by atoms with van der Waals surface area (Å²) < 4.78 is 0. The molecule has 0 aromatic heterocycles. The van der Waals surface area contributed by atoms with E-state index in [1.165, 1.54) is 18.4 Å². The fourth-order valence-corrected chi connectivity index (χ4v) is 2.54. The van der Waals surface area contributed by atoms with Gasteiger partial charge in [0.15, 0.2) is 0 Å². The van der Waals surface area contributed by atoms with Gasteiger partial charge in [0.25, 0.3) is 0 Å². The second-order valence-corrected chi connectivity index (χ2v) is 5.33. The Morgan fingerprint density at radius 1 is 1.33 bits per heavy atom. The van der Waals surface area contributed by atoms with Gasteiger partial charge >= 0.3 is 0 Å². The zero-order chi connectivity index (χ0) is 13.5. The van der Waals surface area contributed by atoms with Crippen LogP contribution >= 0.6 is 0 Å². The number of rotatable bonds is 6. The summed E-state index contributed by atoms with van der Waals surface area (Å²) in [6, 6.07) is 10.2. The number of nitrogens with zero attached hydrogens (tertiary/aromatic N) is 1. The van der Waals surface area contributed by atoms with Crippen LogP contribution in [0.4, 0.5) is 0 Å². The molecule has 1 aromatic carbocycles. The third kappa shape index (κ3) is 4.16. The summed E-state index contributed by atoms with van der Waals surface area (Å²) in [4.78, 5) is 0. The zero-order valence-corrected chi connectivity index (χ0v) is 11.7. The lowest BCUT2D eigenvalue weighted by atomic mass is 9.83. The molecule has 2 heteroatoms. The molecule has 1 rings (SSSR count). The number of benzene rings is 1. The van der Waals surface area contributed by atoms with Crippen LogP contribution in [0.25, 0.3) is 0 Å². The van der Waals surface area contributed by atoms with E-state index in [0.717, 1.165) is 12.0 Å². The van der Waals surface area contributed by atoms with Crippen molar-refractivity contribution in [1.82, 2.24) is 0 Å². The van der Waals surface area contributed by atoms with Gasteiger partial charge in [-0.15, -0.1) is 0 Å². The molecule has 2 N–H and O–H groups in total. The number of nitrogens with two attached hydrogens (primary N) is 1. The Labute approximate surface area is 111 Å². The van der Waals surface area contributed by atoms with Crippen LogP contribution in [0.5, 0.6) is 0 Å². The Bertz CT molecular complexity index is 404. The van der Waals surface area contributed by atoms with Crippen molar-refractivity contribution in [2.75, 3.05) is 0 Å². The second kappa shape index (κ2) is 7.18. The third-order valence-corrected chi connectivity index (χ3v) is 3.52. The molecule has 3 unspecified atom stereocenters. The van der Waals surface area contributed by atoms with Crippen LogP contribution in [0.15, 0.2) is 24.3 Å². The van der Waals surface area contributed by atoms with Crippen molar-refractivity contribution in [3.05, 3.63) is 35.4 Å². The summed E-state index contributed by atoms with van der Waals surface area (Å²) in [7, 11) is 0. The molecule has 1 aromatic rings. The van der Waals surface area contributed by atoms with Gasteiger partial charge < -0.3 is 5.73 Å². The van der Waals surface area contributed by atoms with E-state index in [4.69, 9.17) is 11.0 Å². The Hall–Kier alpha value is -1.33. The summed E-state index contributed by atoms with van der Waals surface area (Å²) in [5.41, 5.74) is 8.05. The number of hydrogen-bond acceptors (Lipinski definition) is 2. The highest BCUT2D eigenvalue weighted by Crippen LogP contribution is 2.28. The van der Waals surface area contributed by atoms with Crippen molar-refractivity contribution in [3.8, 4) is 6.07 Å². The van der Waals surface area contributed by atoms with E-state index in [-0.39, 0.29) is 6.04 Å². The van der Waals surface area contributed by atoms with Gasteiger partial charge in [0.2, 0.25) is 0 Å². The molecule has 0 saturated carbocycles. The van der Waals surface area contributed by atoms with Crippen molar-refractivity contribution in [2.24, 2.45) is 11.7 Å². The first-order chi connectivity index (χ1) is 8.58. The molecule has 0 aliphatic rings. The molecule has 0 bridgehead atoms. The van der Waals surface area contributed by atoms with Crippen LogP contribution in [-0.2, 0) is 0 Å². The van der Waals surface area contributed by atoms with Crippen molar-refractivity contribution in [3.63, 3.8) is 0 Å². The zero-order valence-electron chi connectivity index (χ0n) is 11.7. The first-order valence-corrected chi connectivity index (χ1v) is 6.84. The molecule has 0 aliphatic heterocycles. The molecule has 0 saturated heterocycles. The lowest BCUT2D eigenvalue weighted by molar-refractivity contribution is 0.404. The summed E-state index contributed by atoms with van der Waals surface area (Å²) in [6.07, 6.45) is 3.55. The average Bonchev–Trinajstić information content (AvgIpc) is 2.36. The van der Waals surface area contributed by atoms with Gasteiger partial charge in [-0.25, -0.2) is 0 Å². The average molecular weight is 244 g/mol. The monoisotopic (exact) mass is 244 g/mol. The molecule has 0 amide bonds. The first kappa shape index (κ1) is 14.7. The Morgan fingerprint density at radius 2 is 2.06 bits per heavy atom. The van der Waals surface area contributed by atoms with Gasteiger partial charge in [-0.05, 0) is 42.9 Å². The van der Waals surface area contributed by atoms with Gasteiger partial charge in [-0.2, -0.15) is 5.26 Å². The van der Waals surface area contributed by atoms with Crippen LogP contribution in [0.2, 0.25) is 0 Å². The third-order valence-electron chi connectivity index (χ3n) is 3.52. The van der Waals surface area contributed by atoms with Crippen LogP contribution < -0.4 is 5.73 Å². The Balaban J connectivity index is 2.87. The maximum Gasteiger partial charge on any atom is 0.0991 e. The van der Waals surface area contributed by atoms with Gasteiger partial charge in [0.1, 0.15) is 0 Å². The molecule has 2 nitrogen and oxygen atoms in total. The highest BCUT2D eigenvalue weighted by molar-refractivity contribution is 5.35. The van der Waals surface area contributed by atoms with Crippen molar-refractivity contribution in [2.45, 2.75) is 52.0 Å². The molecule has 0 fully saturated rings. The van der Waals surface area contributed by atoms with E-state index >= 15 is 0 Å². The Morgan fingerprint density at radius 3 is 2.61 bits per heavy atom. The van der Waals surface area contributed by atoms with Crippen LogP contribution in [0, 0.1) is 17.2 Å². The molecule has 0 spiro atoms. The van der Waals surface area contributed by atoms with Gasteiger partial charge in [0.05, 0.1) is 11.6 Å². The molecular formula is C16H24N2.